The molecule has 0 atom stereocenters. The van der Waals surface area contributed by atoms with E-state index >= 15 is 0 Å². The Bertz CT molecular complexity index is 808. The summed E-state index contributed by atoms with van der Waals surface area (Å²) >= 11 is 0. The van der Waals surface area contributed by atoms with Gasteiger partial charge in [0.25, 0.3) is 0 Å². The van der Waals surface area contributed by atoms with Crippen LogP contribution >= 0.6 is 24.0 Å². The maximum atomic E-state index is 4.49. The number of piperidine rings is 1. The van der Waals surface area contributed by atoms with Crippen molar-refractivity contribution in [2.45, 2.75) is 52.7 Å². The van der Waals surface area contributed by atoms with Gasteiger partial charge in [0.2, 0.25) is 0 Å². The fourth-order valence-corrected chi connectivity index (χ4v) is 3.89. The van der Waals surface area contributed by atoms with Gasteiger partial charge in [-0.25, -0.2) is 0 Å². The zero-order valence-corrected chi connectivity index (χ0v) is 20.5. The van der Waals surface area contributed by atoms with Crippen LogP contribution in [0.2, 0.25) is 0 Å². The van der Waals surface area contributed by atoms with Crippen molar-refractivity contribution in [1.29, 1.82) is 0 Å². The van der Waals surface area contributed by atoms with Crippen molar-refractivity contribution < 1.29 is 0 Å². The average Bonchev–Trinajstić information content (AvgIpc) is 2.95. The highest BCUT2D eigenvalue weighted by Gasteiger charge is 2.13. The number of rotatable bonds is 6. The van der Waals surface area contributed by atoms with Gasteiger partial charge in [-0.2, -0.15) is 5.10 Å². The molecular formula is C22H35IN6. The van der Waals surface area contributed by atoms with Gasteiger partial charge in [-0.3, -0.25) is 14.6 Å². The average molecular weight is 510 g/mol. The van der Waals surface area contributed by atoms with E-state index in [4.69, 9.17) is 0 Å². The Kier molecular flexibility index (Phi) is 9.42. The minimum Gasteiger partial charge on any atom is -0.352 e. The molecule has 160 valence electrons. The van der Waals surface area contributed by atoms with E-state index in [0.29, 0.717) is 0 Å². The van der Waals surface area contributed by atoms with Gasteiger partial charge in [0.15, 0.2) is 5.96 Å². The van der Waals surface area contributed by atoms with Crippen molar-refractivity contribution in [2.24, 2.45) is 12.0 Å². The first-order chi connectivity index (χ1) is 13.6. The number of aryl methyl sites for hydroxylation is 2. The predicted octanol–water partition coefficient (Wildman–Crippen LogP) is 3.51. The van der Waals surface area contributed by atoms with Gasteiger partial charge in [-0.1, -0.05) is 30.7 Å². The normalized spacial score (nSPS) is 15.1. The molecule has 0 bridgehead atoms. The standard InChI is InChI=1S/C22H34N6.HI/c1-17-21(18(2)27(4)26-17)15-25-22(23-3)24-14-19-10-6-7-11-20(19)16-28-12-8-5-9-13-28;/h6-7,10-11H,5,8-9,12-16H2,1-4H3,(H2,23,24,25);1H. The molecule has 0 spiro atoms. The fourth-order valence-electron chi connectivity index (χ4n) is 3.89. The summed E-state index contributed by atoms with van der Waals surface area (Å²) in [4.78, 5) is 6.96. The highest BCUT2D eigenvalue weighted by Crippen LogP contribution is 2.16. The van der Waals surface area contributed by atoms with E-state index < -0.39 is 0 Å². The minimum atomic E-state index is 0. The van der Waals surface area contributed by atoms with E-state index in [9.17, 15) is 0 Å². The molecule has 1 aliphatic heterocycles. The second-order valence-corrected chi connectivity index (χ2v) is 7.66. The summed E-state index contributed by atoms with van der Waals surface area (Å²) in [6, 6.07) is 8.73. The second-order valence-electron chi connectivity index (χ2n) is 7.66. The Hall–Kier alpha value is -1.61. The summed E-state index contributed by atoms with van der Waals surface area (Å²) in [5.41, 5.74) is 6.23. The van der Waals surface area contributed by atoms with Gasteiger partial charge in [0.1, 0.15) is 0 Å². The van der Waals surface area contributed by atoms with Crippen LogP contribution in [0.5, 0.6) is 0 Å². The van der Waals surface area contributed by atoms with Crippen LogP contribution in [0, 0.1) is 13.8 Å². The molecule has 2 heterocycles. The summed E-state index contributed by atoms with van der Waals surface area (Å²) in [6.45, 7) is 9.12. The molecule has 1 aliphatic rings. The number of likely N-dealkylation sites (tertiary alicyclic amines) is 1. The Labute approximate surface area is 192 Å². The summed E-state index contributed by atoms with van der Waals surface area (Å²) in [5, 5.41) is 11.4. The Balaban J connectivity index is 0.00000300. The van der Waals surface area contributed by atoms with Crippen molar-refractivity contribution in [3.05, 3.63) is 52.3 Å². The number of halogens is 1. The Morgan fingerprint density at radius 1 is 1.03 bits per heavy atom. The summed E-state index contributed by atoms with van der Waals surface area (Å²) in [7, 11) is 3.80. The lowest BCUT2D eigenvalue weighted by atomic mass is 10.0. The summed E-state index contributed by atoms with van der Waals surface area (Å²) in [6.07, 6.45) is 4.02. The topological polar surface area (TPSA) is 57.5 Å². The van der Waals surface area contributed by atoms with Gasteiger partial charge >= 0.3 is 0 Å². The molecule has 2 aromatic rings. The summed E-state index contributed by atoms with van der Waals surface area (Å²) < 4.78 is 1.93. The van der Waals surface area contributed by atoms with Crippen LogP contribution < -0.4 is 10.6 Å². The highest BCUT2D eigenvalue weighted by atomic mass is 127. The SMILES string of the molecule is CN=C(NCc1ccccc1CN1CCCCC1)NCc1c(C)nn(C)c1C.I. The lowest BCUT2D eigenvalue weighted by Crippen LogP contribution is -2.37. The molecular weight excluding hydrogens is 475 g/mol. The number of hydrogen-bond donors (Lipinski definition) is 2. The number of hydrogen-bond acceptors (Lipinski definition) is 3. The van der Waals surface area contributed by atoms with Gasteiger partial charge in [-0.05, 0) is 50.9 Å². The molecule has 0 aliphatic carbocycles. The first-order valence-corrected chi connectivity index (χ1v) is 10.3. The highest BCUT2D eigenvalue weighted by molar-refractivity contribution is 14.0. The minimum absolute atomic E-state index is 0. The molecule has 2 N–H and O–H groups in total. The van der Waals surface area contributed by atoms with Crippen molar-refractivity contribution in [1.82, 2.24) is 25.3 Å². The Morgan fingerprint density at radius 2 is 1.69 bits per heavy atom. The zero-order chi connectivity index (χ0) is 19.9. The monoisotopic (exact) mass is 510 g/mol. The third-order valence-electron chi connectivity index (χ3n) is 5.72. The van der Waals surface area contributed by atoms with Crippen molar-refractivity contribution in [2.75, 3.05) is 20.1 Å². The molecule has 7 heteroatoms. The van der Waals surface area contributed by atoms with Crippen LogP contribution in [0.25, 0.3) is 0 Å². The maximum absolute atomic E-state index is 4.49. The van der Waals surface area contributed by atoms with Crippen molar-refractivity contribution >= 4 is 29.9 Å². The molecule has 6 nitrogen and oxygen atoms in total. The molecule has 1 aromatic carbocycles. The largest absolute Gasteiger partial charge is 0.352 e. The van der Waals surface area contributed by atoms with E-state index in [2.05, 4.69) is 63.7 Å². The number of guanidine groups is 1. The molecule has 1 aromatic heterocycles. The molecule has 1 saturated heterocycles. The summed E-state index contributed by atoms with van der Waals surface area (Å²) in [5.74, 6) is 0.815. The molecule has 0 unspecified atom stereocenters. The molecule has 0 amide bonds. The third-order valence-corrected chi connectivity index (χ3v) is 5.72. The van der Waals surface area contributed by atoms with Crippen LogP contribution in [0.1, 0.15) is 47.3 Å². The van der Waals surface area contributed by atoms with E-state index in [1.54, 1.807) is 0 Å². The predicted molar refractivity (Wildman–Crippen MR) is 131 cm³/mol. The Morgan fingerprint density at radius 3 is 2.31 bits per heavy atom. The van der Waals surface area contributed by atoms with Crippen molar-refractivity contribution in [3.8, 4) is 0 Å². The molecule has 0 saturated carbocycles. The van der Waals surface area contributed by atoms with Crippen molar-refractivity contribution in [3.63, 3.8) is 0 Å². The molecule has 3 rings (SSSR count). The van der Waals surface area contributed by atoms with E-state index in [-0.39, 0.29) is 24.0 Å². The number of benzene rings is 1. The third kappa shape index (κ3) is 6.44. The molecule has 0 radical (unpaired) electrons. The van der Waals surface area contributed by atoms with Crippen LogP contribution in [0.4, 0.5) is 0 Å². The van der Waals surface area contributed by atoms with Gasteiger partial charge < -0.3 is 10.6 Å². The number of nitrogens with one attached hydrogen (secondary N) is 2. The second kappa shape index (κ2) is 11.5. The number of nitrogens with zero attached hydrogens (tertiary/aromatic N) is 4. The quantitative estimate of drug-likeness (QED) is 0.355. The van der Waals surface area contributed by atoms with Gasteiger partial charge in [0.05, 0.1) is 5.69 Å². The van der Waals surface area contributed by atoms with E-state index in [1.165, 1.54) is 54.7 Å². The number of aliphatic imine (C=N–C) groups is 1. The smallest absolute Gasteiger partial charge is 0.191 e. The molecule has 1 fully saturated rings. The fraction of sp³-hybridized carbons (Fsp3) is 0.545. The number of aromatic nitrogens is 2. The van der Waals surface area contributed by atoms with Crippen LogP contribution in [0.15, 0.2) is 29.3 Å². The first kappa shape index (κ1) is 23.7. The van der Waals surface area contributed by atoms with E-state index in [1.807, 2.05) is 18.8 Å². The van der Waals surface area contributed by atoms with Crippen LogP contribution in [-0.2, 0) is 26.7 Å². The van der Waals surface area contributed by atoms with Crippen LogP contribution in [0.3, 0.4) is 0 Å². The first-order valence-electron chi connectivity index (χ1n) is 10.3. The van der Waals surface area contributed by atoms with E-state index in [0.717, 1.165) is 31.3 Å². The lowest BCUT2D eigenvalue weighted by Gasteiger charge is -2.27. The maximum Gasteiger partial charge on any atom is 0.191 e. The van der Waals surface area contributed by atoms with Gasteiger partial charge in [-0.15, -0.1) is 24.0 Å². The van der Waals surface area contributed by atoms with Gasteiger partial charge in [0, 0.05) is 45.0 Å². The lowest BCUT2D eigenvalue weighted by molar-refractivity contribution is 0.220. The molecule has 29 heavy (non-hydrogen) atoms. The van der Waals surface area contributed by atoms with Crippen LogP contribution in [-0.4, -0.2) is 40.8 Å². The zero-order valence-electron chi connectivity index (χ0n) is 18.2.